The third kappa shape index (κ3) is 3.72. The van der Waals surface area contributed by atoms with Gasteiger partial charge in [-0.15, -0.1) is 11.3 Å². The van der Waals surface area contributed by atoms with Crippen LogP contribution in [0.1, 0.15) is 22.3 Å². The number of rotatable bonds is 6. The van der Waals surface area contributed by atoms with Crippen molar-refractivity contribution in [1.82, 2.24) is 10.4 Å². The number of nitrogens with one attached hydrogen (secondary N) is 1. The van der Waals surface area contributed by atoms with Gasteiger partial charge in [0.15, 0.2) is 0 Å². The number of nitrogens with zero attached hydrogens (tertiary/aromatic N) is 1. The SMILES string of the molecule is Cc1csc(CC(NN)c2ccccc2OC(F)F)n1. The van der Waals surface area contributed by atoms with Crippen LogP contribution < -0.4 is 16.0 Å². The second-order valence-electron chi connectivity index (χ2n) is 4.22. The number of nitrogens with two attached hydrogens (primary N) is 1. The maximum atomic E-state index is 12.4. The minimum Gasteiger partial charge on any atom is -0.434 e. The fraction of sp³-hybridized carbons (Fsp3) is 0.308. The highest BCUT2D eigenvalue weighted by molar-refractivity contribution is 7.09. The van der Waals surface area contributed by atoms with E-state index in [0.717, 1.165) is 10.7 Å². The molecule has 3 N–H and O–H groups in total. The molecule has 7 heteroatoms. The van der Waals surface area contributed by atoms with Gasteiger partial charge in [-0.25, -0.2) is 4.98 Å². The summed E-state index contributed by atoms with van der Waals surface area (Å²) in [5, 5.41) is 2.82. The van der Waals surface area contributed by atoms with Crippen LogP contribution in [0.2, 0.25) is 0 Å². The molecule has 0 aliphatic heterocycles. The lowest BCUT2D eigenvalue weighted by atomic mass is 10.0. The molecule has 0 fully saturated rings. The Labute approximate surface area is 119 Å². The summed E-state index contributed by atoms with van der Waals surface area (Å²) in [7, 11) is 0. The summed E-state index contributed by atoms with van der Waals surface area (Å²) in [6.07, 6.45) is 0.513. The number of hydrazine groups is 1. The van der Waals surface area contributed by atoms with Gasteiger partial charge in [0, 0.05) is 23.1 Å². The Morgan fingerprint density at radius 2 is 2.15 bits per heavy atom. The van der Waals surface area contributed by atoms with Crippen molar-refractivity contribution in [2.24, 2.45) is 5.84 Å². The lowest BCUT2D eigenvalue weighted by Crippen LogP contribution is -2.30. The van der Waals surface area contributed by atoms with E-state index in [1.165, 1.54) is 17.4 Å². The fourth-order valence-electron chi connectivity index (χ4n) is 1.90. The molecule has 0 saturated carbocycles. The van der Waals surface area contributed by atoms with Crippen LogP contribution in [0, 0.1) is 6.92 Å². The molecule has 0 aliphatic carbocycles. The molecule has 0 saturated heterocycles. The number of hydrogen-bond acceptors (Lipinski definition) is 5. The van der Waals surface area contributed by atoms with E-state index in [1.54, 1.807) is 18.2 Å². The molecule has 20 heavy (non-hydrogen) atoms. The summed E-state index contributed by atoms with van der Waals surface area (Å²) in [6.45, 7) is -0.963. The Bertz CT molecular complexity index is 562. The van der Waals surface area contributed by atoms with Crippen LogP contribution in [0.15, 0.2) is 29.6 Å². The van der Waals surface area contributed by atoms with E-state index in [9.17, 15) is 8.78 Å². The van der Waals surface area contributed by atoms with Crippen LogP contribution >= 0.6 is 11.3 Å². The zero-order chi connectivity index (χ0) is 14.5. The second-order valence-corrected chi connectivity index (χ2v) is 5.16. The third-order valence-electron chi connectivity index (χ3n) is 2.76. The van der Waals surface area contributed by atoms with Crippen LogP contribution in [0.4, 0.5) is 8.78 Å². The first kappa shape index (κ1) is 14.8. The minimum absolute atomic E-state index is 0.124. The number of hydrogen-bond donors (Lipinski definition) is 2. The molecule has 0 spiro atoms. The quantitative estimate of drug-likeness (QED) is 0.636. The molecule has 2 rings (SSSR count). The Hall–Kier alpha value is -1.57. The van der Waals surface area contributed by atoms with Crippen molar-refractivity contribution in [2.45, 2.75) is 26.0 Å². The number of aromatic nitrogens is 1. The van der Waals surface area contributed by atoms with Gasteiger partial charge < -0.3 is 4.74 Å². The van der Waals surface area contributed by atoms with E-state index in [1.807, 2.05) is 12.3 Å². The minimum atomic E-state index is -2.86. The second kappa shape index (κ2) is 6.74. The molecule has 1 heterocycles. The number of halogens is 2. The third-order valence-corrected chi connectivity index (χ3v) is 3.75. The van der Waals surface area contributed by atoms with Crippen LogP contribution in [0.5, 0.6) is 5.75 Å². The number of alkyl halides is 2. The van der Waals surface area contributed by atoms with Crippen molar-refractivity contribution in [2.75, 3.05) is 0 Å². The number of benzene rings is 1. The topological polar surface area (TPSA) is 60.2 Å². The van der Waals surface area contributed by atoms with E-state index >= 15 is 0 Å². The zero-order valence-corrected chi connectivity index (χ0v) is 11.7. The van der Waals surface area contributed by atoms with Gasteiger partial charge in [0.1, 0.15) is 5.75 Å². The number of aryl methyl sites for hydroxylation is 1. The average Bonchev–Trinajstić information content (AvgIpc) is 2.82. The smallest absolute Gasteiger partial charge is 0.387 e. The van der Waals surface area contributed by atoms with Crippen LogP contribution in [-0.4, -0.2) is 11.6 Å². The van der Waals surface area contributed by atoms with E-state index in [0.29, 0.717) is 12.0 Å². The van der Waals surface area contributed by atoms with Gasteiger partial charge in [-0.3, -0.25) is 11.3 Å². The van der Waals surface area contributed by atoms with Crippen molar-refractivity contribution >= 4 is 11.3 Å². The Morgan fingerprint density at radius 3 is 2.75 bits per heavy atom. The van der Waals surface area contributed by atoms with Crippen LogP contribution in [0.25, 0.3) is 0 Å². The first-order valence-electron chi connectivity index (χ1n) is 6.01. The van der Waals surface area contributed by atoms with Crippen molar-refractivity contribution in [3.05, 3.63) is 45.9 Å². The van der Waals surface area contributed by atoms with Gasteiger partial charge in [-0.05, 0) is 13.0 Å². The fourth-order valence-corrected chi connectivity index (χ4v) is 2.72. The molecular formula is C13H15F2N3OS. The van der Waals surface area contributed by atoms with Gasteiger partial charge in [0.05, 0.1) is 11.0 Å². The molecule has 108 valence electrons. The van der Waals surface area contributed by atoms with E-state index in [4.69, 9.17) is 5.84 Å². The molecule has 0 bridgehead atoms. The summed E-state index contributed by atoms with van der Waals surface area (Å²) in [5.74, 6) is 5.67. The van der Waals surface area contributed by atoms with Gasteiger partial charge in [-0.1, -0.05) is 18.2 Å². The molecular weight excluding hydrogens is 284 g/mol. The van der Waals surface area contributed by atoms with Crippen molar-refractivity contribution in [1.29, 1.82) is 0 Å². The van der Waals surface area contributed by atoms with E-state index in [-0.39, 0.29) is 11.8 Å². The number of para-hydroxylation sites is 1. The summed E-state index contributed by atoms with van der Waals surface area (Å²) in [5.41, 5.74) is 4.15. The van der Waals surface area contributed by atoms with Crippen molar-refractivity contribution < 1.29 is 13.5 Å². The number of thiazole rings is 1. The predicted octanol–water partition coefficient (Wildman–Crippen LogP) is 2.80. The molecule has 1 atom stereocenters. The Kier molecular flexibility index (Phi) is 4.99. The standard InChI is InChI=1S/C13H15F2N3OS/c1-8-7-20-12(17-8)6-10(18-16)9-4-2-3-5-11(9)19-13(14)15/h2-5,7,10,13,18H,6,16H2,1H3. The monoisotopic (exact) mass is 299 g/mol. The summed E-state index contributed by atoms with van der Waals surface area (Å²) < 4.78 is 29.4. The maximum Gasteiger partial charge on any atom is 0.387 e. The Morgan fingerprint density at radius 1 is 1.40 bits per heavy atom. The molecule has 1 aromatic heterocycles. The maximum absolute atomic E-state index is 12.4. The van der Waals surface area contributed by atoms with Gasteiger partial charge >= 0.3 is 6.61 Å². The Balaban J connectivity index is 2.22. The average molecular weight is 299 g/mol. The largest absolute Gasteiger partial charge is 0.434 e. The number of ether oxygens (including phenoxy) is 1. The van der Waals surface area contributed by atoms with Gasteiger partial charge in [-0.2, -0.15) is 8.78 Å². The summed E-state index contributed by atoms with van der Waals surface area (Å²) in [6, 6.07) is 6.27. The first-order chi connectivity index (χ1) is 9.60. The molecule has 0 aliphatic rings. The zero-order valence-electron chi connectivity index (χ0n) is 10.8. The highest BCUT2D eigenvalue weighted by Gasteiger charge is 2.18. The highest BCUT2D eigenvalue weighted by atomic mass is 32.1. The lowest BCUT2D eigenvalue weighted by Gasteiger charge is -2.18. The van der Waals surface area contributed by atoms with Crippen LogP contribution in [0.3, 0.4) is 0 Å². The predicted molar refractivity (Wildman–Crippen MR) is 73.7 cm³/mol. The molecule has 4 nitrogen and oxygen atoms in total. The lowest BCUT2D eigenvalue weighted by molar-refractivity contribution is -0.0507. The summed E-state index contributed by atoms with van der Waals surface area (Å²) in [4.78, 5) is 4.35. The first-order valence-corrected chi connectivity index (χ1v) is 6.89. The molecule has 1 aromatic carbocycles. The van der Waals surface area contributed by atoms with Gasteiger partial charge in [0.25, 0.3) is 0 Å². The van der Waals surface area contributed by atoms with E-state index in [2.05, 4.69) is 15.1 Å². The summed E-state index contributed by atoms with van der Waals surface area (Å²) >= 11 is 1.51. The van der Waals surface area contributed by atoms with Gasteiger partial charge in [0.2, 0.25) is 0 Å². The van der Waals surface area contributed by atoms with Crippen LogP contribution in [-0.2, 0) is 6.42 Å². The highest BCUT2D eigenvalue weighted by Crippen LogP contribution is 2.29. The van der Waals surface area contributed by atoms with Crippen molar-refractivity contribution in [3.63, 3.8) is 0 Å². The molecule has 1 unspecified atom stereocenters. The normalized spacial score (nSPS) is 12.7. The molecule has 2 aromatic rings. The van der Waals surface area contributed by atoms with Crippen molar-refractivity contribution in [3.8, 4) is 5.75 Å². The van der Waals surface area contributed by atoms with E-state index < -0.39 is 6.61 Å². The molecule has 0 radical (unpaired) electrons. The molecule has 0 amide bonds.